The molecule has 1 heterocycles. The molecular weight excluding hydrogens is 919 g/mol. The Morgan fingerprint density at radius 2 is 0.887 bits per heavy atom. The zero-order valence-electron chi connectivity index (χ0n) is 45.8. The number of aliphatic hydroxyl groups is 4. The van der Waals surface area contributed by atoms with E-state index in [4.69, 9.17) is 9.47 Å². The van der Waals surface area contributed by atoms with Crippen LogP contribution >= 0.6 is 0 Å². The Balaban J connectivity index is 2.27. The molecule has 71 heavy (non-hydrogen) atoms. The quantitative estimate of drug-likeness (QED) is 0.0193. The summed E-state index contributed by atoms with van der Waals surface area (Å²) >= 11 is 0. The molecule has 7 atom stereocenters. The topological polar surface area (TPSA) is 192 Å². The molecule has 0 aromatic heterocycles. The van der Waals surface area contributed by atoms with E-state index in [9.17, 15) is 38.2 Å². The highest BCUT2D eigenvalue weighted by Gasteiger charge is 2.48. The van der Waals surface area contributed by atoms with Gasteiger partial charge in [0.15, 0.2) is 6.29 Å². The fraction of sp³-hybridized carbons (Fsp3) is 0.948. The van der Waals surface area contributed by atoms with E-state index in [2.05, 4.69) is 23.3 Å². The van der Waals surface area contributed by atoms with Gasteiger partial charge in [-0.25, -0.2) is 4.18 Å². The average Bonchev–Trinajstić information content (AvgIpc) is 3.34. The molecule has 0 aromatic carbocycles. The summed E-state index contributed by atoms with van der Waals surface area (Å²) in [5.41, 5.74) is 0. The van der Waals surface area contributed by atoms with Crippen molar-refractivity contribution in [2.24, 2.45) is 0 Å². The summed E-state index contributed by atoms with van der Waals surface area (Å²) in [6.45, 7) is 3.43. The number of hydrogen-bond acceptors (Lipinski definition) is 10. The van der Waals surface area contributed by atoms with Crippen molar-refractivity contribution in [2.45, 2.75) is 339 Å². The highest BCUT2D eigenvalue weighted by molar-refractivity contribution is 7.80. The van der Waals surface area contributed by atoms with Crippen LogP contribution in [0.4, 0.5) is 0 Å². The third-order valence-electron chi connectivity index (χ3n) is 14.6. The number of aliphatic hydroxyl groups excluding tert-OH is 4. The second-order valence-electron chi connectivity index (χ2n) is 21.3. The molecule has 0 aliphatic carbocycles. The van der Waals surface area contributed by atoms with Gasteiger partial charge < -0.3 is 35.2 Å². The van der Waals surface area contributed by atoms with Crippen LogP contribution in [0.1, 0.15) is 296 Å². The van der Waals surface area contributed by atoms with Gasteiger partial charge >= 0.3 is 10.4 Å². The Morgan fingerprint density at radius 1 is 0.549 bits per heavy atom. The van der Waals surface area contributed by atoms with Crippen molar-refractivity contribution in [3.63, 3.8) is 0 Å². The second-order valence-corrected chi connectivity index (χ2v) is 22.4. The van der Waals surface area contributed by atoms with E-state index in [0.29, 0.717) is 6.42 Å². The van der Waals surface area contributed by atoms with Crippen molar-refractivity contribution in [1.29, 1.82) is 0 Å². The number of amides is 1. The molecule has 1 saturated heterocycles. The first-order chi connectivity index (χ1) is 34.5. The third kappa shape index (κ3) is 40.8. The molecule has 1 rings (SSSR count). The molecule has 422 valence electrons. The Kier molecular flexibility index (Phi) is 46.3. The predicted molar refractivity (Wildman–Crippen MR) is 292 cm³/mol. The average molecular weight is 1030 g/mol. The van der Waals surface area contributed by atoms with Gasteiger partial charge in [0.05, 0.1) is 25.4 Å². The predicted octanol–water partition coefficient (Wildman–Crippen LogP) is 14.2. The Labute approximate surface area is 436 Å². The molecule has 6 N–H and O–H groups in total. The van der Waals surface area contributed by atoms with E-state index in [0.717, 1.165) is 38.5 Å². The lowest BCUT2D eigenvalue weighted by Gasteiger charge is -2.41. The Bertz CT molecular complexity index is 1310. The normalized spacial score (nSPS) is 19.5. The molecule has 0 bridgehead atoms. The molecule has 13 heteroatoms. The van der Waals surface area contributed by atoms with Crippen LogP contribution in [0.15, 0.2) is 12.2 Å². The first-order valence-electron chi connectivity index (χ1n) is 30.1. The van der Waals surface area contributed by atoms with E-state index in [1.165, 1.54) is 231 Å². The number of hydrogen-bond donors (Lipinski definition) is 6. The molecule has 1 amide bonds. The van der Waals surface area contributed by atoms with Gasteiger partial charge in [-0.2, -0.15) is 8.42 Å². The highest BCUT2D eigenvalue weighted by Crippen LogP contribution is 2.26. The van der Waals surface area contributed by atoms with Gasteiger partial charge in [-0.3, -0.25) is 9.35 Å². The summed E-state index contributed by atoms with van der Waals surface area (Å²) in [4.78, 5) is 13.1. The number of carbonyl (C=O) groups excluding carboxylic acids is 1. The van der Waals surface area contributed by atoms with Crippen LogP contribution in [0, 0.1) is 0 Å². The minimum Gasteiger partial charge on any atom is -0.394 e. The van der Waals surface area contributed by atoms with Crippen LogP contribution in [0.25, 0.3) is 0 Å². The summed E-state index contributed by atoms with van der Waals surface area (Å²) < 4.78 is 47.8. The van der Waals surface area contributed by atoms with E-state index in [1.54, 1.807) is 6.08 Å². The van der Waals surface area contributed by atoms with Gasteiger partial charge in [0.25, 0.3) is 0 Å². The van der Waals surface area contributed by atoms with Gasteiger partial charge in [0.2, 0.25) is 5.91 Å². The molecule has 0 radical (unpaired) electrons. The second kappa shape index (κ2) is 48.5. The highest BCUT2D eigenvalue weighted by atomic mass is 32.3. The van der Waals surface area contributed by atoms with Gasteiger partial charge in [-0.05, 0) is 19.3 Å². The molecule has 1 aliphatic rings. The lowest BCUT2D eigenvalue weighted by Crippen LogP contribution is -2.61. The molecule has 7 unspecified atom stereocenters. The number of allylic oxidation sites excluding steroid dienone is 1. The molecular formula is C58H113NO11S. The SMILES string of the molecule is CCCCCCCCCCCCCCC/C=C/C(O)C(COC1OC(CO)C(O)C(OS(=O)(=O)O)C1O)NC(=O)CCCCCCCCCCCCCCCCCCCCCCCCCCCCCCC. The number of carbonyl (C=O) groups is 1. The standard InChI is InChI=1S/C58H113NO11S/c1-3-5-7-9-11-13-15-17-19-20-21-22-23-24-25-26-27-28-29-30-31-32-34-36-38-40-42-44-46-48-54(62)59-51(50-68-58-56(64)57(70-71(65,66)67)55(63)53(49-60)69-58)52(61)47-45-43-41-39-37-35-33-18-16-14-12-10-8-6-4-2/h45,47,51-53,55-58,60-61,63-64H,3-44,46,48-50H2,1-2H3,(H,59,62)(H,65,66,67)/b47-45+. The summed E-state index contributed by atoms with van der Waals surface area (Å²) in [6.07, 6.45) is 49.9. The van der Waals surface area contributed by atoms with E-state index < -0.39 is 59.9 Å². The van der Waals surface area contributed by atoms with Crippen LogP contribution in [-0.4, -0.2) is 95.4 Å². The lowest BCUT2D eigenvalue weighted by atomic mass is 9.99. The maximum absolute atomic E-state index is 13.1. The van der Waals surface area contributed by atoms with Crippen molar-refractivity contribution in [3.8, 4) is 0 Å². The van der Waals surface area contributed by atoms with Crippen molar-refractivity contribution >= 4 is 16.3 Å². The Hall–Kier alpha value is -1.16. The fourth-order valence-corrected chi connectivity index (χ4v) is 10.4. The van der Waals surface area contributed by atoms with Gasteiger partial charge in [-0.1, -0.05) is 283 Å². The van der Waals surface area contributed by atoms with Gasteiger partial charge in [-0.15, -0.1) is 0 Å². The molecule has 1 fully saturated rings. The molecule has 1 aliphatic heterocycles. The number of ether oxygens (including phenoxy) is 2. The van der Waals surface area contributed by atoms with Crippen LogP contribution in [0.5, 0.6) is 0 Å². The molecule has 12 nitrogen and oxygen atoms in total. The van der Waals surface area contributed by atoms with Crippen LogP contribution < -0.4 is 5.32 Å². The van der Waals surface area contributed by atoms with Gasteiger partial charge in [0.1, 0.15) is 24.4 Å². The maximum Gasteiger partial charge on any atom is 0.397 e. The molecule has 0 aromatic rings. The molecule has 0 saturated carbocycles. The largest absolute Gasteiger partial charge is 0.397 e. The first-order valence-corrected chi connectivity index (χ1v) is 31.4. The third-order valence-corrected chi connectivity index (χ3v) is 15.0. The maximum atomic E-state index is 13.1. The molecule has 0 spiro atoms. The van der Waals surface area contributed by atoms with Crippen LogP contribution in [0.2, 0.25) is 0 Å². The summed E-state index contributed by atoms with van der Waals surface area (Å²) in [5, 5.41) is 44.9. The van der Waals surface area contributed by atoms with Crippen molar-refractivity contribution < 1.29 is 51.8 Å². The van der Waals surface area contributed by atoms with Crippen molar-refractivity contribution in [2.75, 3.05) is 13.2 Å². The van der Waals surface area contributed by atoms with E-state index in [-0.39, 0.29) is 18.9 Å². The lowest BCUT2D eigenvalue weighted by molar-refractivity contribution is -0.298. The van der Waals surface area contributed by atoms with Crippen molar-refractivity contribution in [3.05, 3.63) is 12.2 Å². The summed E-state index contributed by atoms with van der Waals surface area (Å²) in [6, 6.07) is -0.940. The summed E-state index contributed by atoms with van der Waals surface area (Å²) in [7, 11) is -5.09. The van der Waals surface area contributed by atoms with Gasteiger partial charge in [0, 0.05) is 6.42 Å². The summed E-state index contributed by atoms with van der Waals surface area (Å²) in [5.74, 6) is -0.256. The van der Waals surface area contributed by atoms with E-state index in [1.807, 2.05) is 6.08 Å². The van der Waals surface area contributed by atoms with Crippen molar-refractivity contribution in [1.82, 2.24) is 5.32 Å². The first kappa shape index (κ1) is 67.9. The smallest absolute Gasteiger partial charge is 0.394 e. The van der Waals surface area contributed by atoms with E-state index >= 15 is 0 Å². The Morgan fingerprint density at radius 3 is 1.23 bits per heavy atom. The minimum atomic E-state index is -5.09. The monoisotopic (exact) mass is 1030 g/mol. The minimum absolute atomic E-state index is 0.256. The zero-order chi connectivity index (χ0) is 51.9. The van der Waals surface area contributed by atoms with Crippen LogP contribution in [0.3, 0.4) is 0 Å². The number of rotatable bonds is 53. The fourth-order valence-electron chi connectivity index (χ4n) is 9.93. The zero-order valence-corrected chi connectivity index (χ0v) is 46.6. The number of unbranched alkanes of at least 4 members (excludes halogenated alkanes) is 41. The number of nitrogens with one attached hydrogen (secondary N) is 1. The van der Waals surface area contributed by atoms with Crippen LogP contribution in [-0.2, 0) is 28.9 Å².